The predicted octanol–water partition coefficient (Wildman–Crippen LogP) is 2.72. The van der Waals surface area contributed by atoms with Crippen LogP contribution in [0.4, 0.5) is 5.69 Å². The van der Waals surface area contributed by atoms with E-state index in [1.165, 1.54) is 11.8 Å². The summed E-state index contributed by atoms with van der Waals surface area (Å²) >= 11 is 1.28. The van der Waals surface area contributed by atoms with Gasteiger partial charge in [-0.3, -0.25) is 9.36 Å². The second-order valence-electron chi connectivity index (χ2n) is 5.53. The zero-order chi connectivity index (χ0) is 17.0. The lowest BCUT2D eigenvalue weighted by atomic mass is 10.1. The van der Waals surface area contributed by atoms with Crippen LogP contribution in [0.1, 0.15) is 31.4 Å². The van der Waals surface area contributed by atoms with Gasteiger partial charge < -0.3 is 5.32 Å². The molecule has 1 amide bonds. The van der Waals surface area contributed by atoms with Crippen LogP contribution in [0.3, 0.4) is 0 Å². The Morgan fingerprint density at radius 1 is 1.43 bits per heavy atom. The number of aromatic amines is 1. The van der Waals surface area contributed by atoms with E-state index >= 15 is 0 Å². The first-order valence-electron chi connectivity index (χ1n) is 7.62. The van der Waals surface area contributed by atoms with Gasteiger partial charge >= 0.3 is 5.69 Å². The molecule has 2 N–H and O–H groups in total. The van der Waals surface area contributed by atoms with Gasteiger partial charge in [-0.25, -0.2) is 9.89 Å². The molecule has 1 aromatic heterocycles. The Hall–Kier alpha value is -2.02. The van der Waals surface area contributed by atoms with Crippen LogP contribution >= 0.6 is 11.8 Å². The first-order valence-corrected chi connectivity index (χ1v) is 8.50. The van der Waals surface area contributed by atoms with Gasteiger partial charge in [0.1, 0.15) is 0 Å². The van der Waals surface area contributed by atoms with Crippen LogP contribution in [-0.4, -0.2) is 25.9 Å². The number of H-pyrrole nitrogens is 1. The summed E-state index contributed by atoms with van der Waals surface area (Å²) in [7, 11) is 0. The van der Waals surface area contributed by atoms with Gasteiger partial charge in [0.15, 0.2) is 5.16 Å². The van der Waals surface area contributed by atoms with Crippen molar-refractivity contribution in [3.63, 3.8) is 0 Å². The Kier molecular flexibility index (Phi) is 5.65. The van der Waals surface area contributed by atoms with Crippen LogP contribution in [0.5, 0.6) is 0 Å². The van der Waals surface area contributed by atoms with Crippen molar-refractivity contribution in [3.8, 4) is 0 Å². The summed E-state index contributed by atoms with van der Waals surface area (Å²) < 4.78 is 1.56. The molecule has 0 bridgehead atoms. The monoisotopic (exact) mass is 334 g/mol. The molecule has 6 nitrogen and oxygen atoms in total. The van der Waals surface area contributed by atoms with Crippen LogP contribution in [0.2, 0.25) is 0 Å². The molecule has 0 aliphatic carbocycles. The molecule has 124 valence electrons. The smallest absolute Gasteiger partial charge is 0.325 e. The third-order valence-corrected chi connectivity index (χ3v) is 4.56. The number of hydrogen-bond donors (Lipinski definition) is 2. The van der Waals surface area contributed by atoms with Crippen LogP contribution in [0.25, 0.3) is 0 Å². The van der Waals surface area contributed by atoms with Crippen molar-refractivity contribution in [2.24, 2.45) is 0 Å². The normalized spacial score (nSPS) is 12.2. The van der Waals surface area contributed by atoms with Crippen molar-refractivity contribution >= 4 is 23.4 Å². The summed E-state index contributed by atoms with van der Waals surface area (Å²) in [5, 5.41) is 9.57. The quantitative estimate of drug-likeness (QED) is 0.796. The standard InChI is InChI=1S/C16H22N4O2S/c1-5-8-20-15(22)18-19-16(20)23-12(4)14(21)17-13-9-10(2)6-7-11(13)3/h6-7,9,12H,5,8H2,1-4H3,(H,17,21)(H,18,22)/t12-/m0/s1. The maximum Gasteiger partial charge on any atom is 0.343 e. The van der Waals surface area contributed by atoms with Crippen molar-refractivity contribution in [1.29, 1.82) is 0 Å². The first-order chi connectivity index (χ1) is 10.9. The average Bonchev–Trinajstić information content (AvgIpc) is 2.84. The fourth-order valence-electron chi connectivity index (χ4n) is 2.13. The van der Waals surface area contributed by atoms with Gasteiger partial charge in [0.25, 0.3) is 0 Å². The number of benzene rings is 1. The highest BCUT2D eigenvalue weighted by Gasteiger charge is 2.19. The molecule has 1 atom stereocenters. The number of nitrogens with zero attached hydrogens (tertiary/aromatic N) is 2. The number of thioether (sulfide) groups is 1. The molecule has 0 saturated heterocycles. The zero-order valence-electron chi connectivity index (χ0n) is 13.8. The summed E-state index contributed by atoms with van der Waals surface area (Å²) in [4.78, 5) is 24.1. The van der Waals surface area contributed by atoms with Crippen LogP contribution in [-0.2, 0) is 11.3 Å². The van der Waals surface area contributed by atoms with E-state index in [9.17, 15) is 9.59 Å². The number of carbonyl (C=O) groups is 1. The van der Waals surface area contributed by atoms with Gasteiger partial charge in [0, 0.05) is 12.2 Å². The summed E-state index contributed by atoms with van der Waals surface area (Å²) in [5.41, 5.74) is 2.69. The van der Waals surface area contributed by atoms with Gasteiger partial charge in [0.2, 0.25) is 5.91 Å². The second-order valence-corrected chi connectivity index (χ2v) is 6.84. The number of aromatic nitrogens is 3. The van der Waals surface area contributed by atoms with Gasteiger partial charge in [-0.15, -0.1) is 5.10 Å². The fraction of sp³-hybridized carbons (Fsp3) is 0.438. The zero-order valence-corrected chi connectivity index (χ0v) is 14.7. The Balaban J connectivity index is 2.08. The van der Waals surface area contributed by atoms with E-state index in [-0.39, 0.29) is 16.8 Å². The van der Waals surface area contributed by atoms with Crippen molar-refractivity contribution < 1.29 is 4.79 Å². The Morgan fingerprint density at radius 2 is 2.17 bits per heavy atom. The Bertz CT molecular complexity index is 751. The van der Waals surface area contributed by atoms with E-state index in [2.05, 4.69) is 15.5 Å². The Morgan fingerprint density at radius 3 is 2.87 bits per heavy atom. The predicted molar refractivity (Wildman–Crippen MR) is 93.0 cm³/mol. The summed E-state index contributed by atoms with van der Waals surface area (Å²) in [6.45, 7) is 8.33. The molecule has 0 unspecified atom stereocenters. The van der Waals surface area contributed by atoms with Crippen molar-refractivity contribution in [3.05, 3.63) is 39.8 Å². The number of aryl methyl sites for hydroxylation is 2. The maximum atomic E-state index is 12.4. The number of anilines is 1. The molecular weight excluding hydrogens is 312 g/mol. The average molecular weight is 334 g/mol. The number of carbonyl (C=O) groups excluding carboxylic acids is 1. The number of hydrogen-bond acceptors (Lipinski definition) is 4. The van der Waals surface area contributed by atoms with Crippen LogP contribution < -0.4 is 11.0 Å². The summed E-state index contributed by atoms with van der Waals surface area (Å²) in [6.07, 6.45) is 0.829. The molecular formula is C16H22N4O2S. The highest BCUT2D eigenvalue weighted by atomic mass is 32.2. The van der Waals surface area contributed by atoms with E-state index < -0.39 is 0 Å². The molecule has 0 fully saturated rings. The highest BCUT2D eigenvalue weighted by molar-refractivity contribution is 8.00. The number of nitrogens with one attached hydrogen (secondary N) is 2. The molecule has 0 saturated carbocycles. The molecule has 1 aromatic carbocycles. The van der Waals surface area contributed by atoms with Crippen molar-refractivity contribution in [2.75, 3.05) is 5.32 Å². The largest absolute Gasteiger partial charge is 0.343 e. The van der Waals surface area contributed by atoms with E-state index in [0.29, 0.717) is 11.7 Å². The van der Waals surface area contributed by atoms with Gasteiger partial charge in [-0.05, 0) is 44.4 Å². The van der Waals surface area contributed by atoms with E-state index in [0.717, 1.165) is 23.2 Å². The lowest BCUT2D eigenvalue weighted by molar-refractivity contribution is -0.115. The third kappa shape index (κ3) is 4.25. The van der Waals surface area contributed by atoms with Crippen molar-refractivity contribution in [2.45, 2.75) is 51.1 Å². The van der Waals surface area contributed by atoms with E-state index in [1.54, 1.807) is 11.5 Å². The molecule has 0 spiro atoms. The minimum Gasteiger partial charge on any atom is -0.325 e. The minimum absolute atomic E-state index is 0.109. The third-order valence-electron chi connectivity index (χ3n) is 3.47. The summed E-state index contributed by atoms with van der Waals surface area (Å²) in [6, 6.07) is 5.94. The molecule has 2 rings (SSSR count). The van der Waals surface area contributed by atoms with E-state index in [4.69, 9.17) is 0 Å². The van der Waals surface area contributed by atoms with Gasteiger partial charge in [-0.2, -0.15) is 0 Å². The molecule has 0 radical (unpaired) electrons. The molecule has 2 aromatic rings. The molecule has 0 aliphatic heterocycles. The van der Waals surface area contributed by atoms with Gasteiger partial charge in [0.05, 0.1) is 5.25 Å². The molecule has 7 heteroatoms. The van der Waals surface area contributed by atoms with Gasteiger partial charge in [-0.1, -0.05) is 30.8 Å². The first kappa shape index (κ1) is 17.3. The summed E-state index contributed by atoms with van der Waals surface area (Å²) in [5.74, 6) is -0.109. The fourth-order valence-corrected chi connectivity index (χ4v) is 3.01. The number of rotatable bonds is 6. The maximum absolute atomic E-state index is 12.4. The van der Waals surface area contributed by atoms with Crippen LogP contribution in [0, 0.1) is 13.8 Å². The molecule has 0 aliphatic rings. The SMILES string of the molecule is CCCn1c(S[C@@H](C)C(=O)Nc2cc(C)ccc2C)n[nH]c1=O. The molecule has 23 heavy (non-hydrogen) atoms. The molecule has 1 heterocycles. The lowest BCUT2D eigenvalue weighted by Crippen LogP contribution is -2.24. The van der Waals surface area contributed by atoms with Crippen molar-refractivity contribution in [1.82, 2.24) is 14.8 Å². The topological polar surface area (TPSA) is 79.8 Å². The second kappa shape index (κ2) is 7.50. The van der Waals surface area contributed by atoms with Crippen LogP contribution in [0.15, 0.2) is 28.2 Å². The number of amides is 1. The highest BCUT2D eigenvalue weighted by Crippen LogP contribution is 2.23. The minimum atomic E-state index is -0.360. The Labute approximate surface area is 139 Å². The van der Waals surface area contributed by atoms with E-state index in [1.807, 2.05) is 39.0 Å². The lowest BCUT2D eigenvalue weighted by Gasteiger charge is -2.14.